The Kier molecular flexibility index (Phi) is 7.57. The summed E-state index contributed by atoms with van der Waals surface area (Å²) in [6, 6.07) is 1.72. The molecule has 1 fully saturated rings. The van der Waals surface area contributed by atoms with Gasteiger partial charge in [-0.3, -0.25) is 23.4 Å². The molecule has 0 bridgehead atoms. The first-order chi connectivity index (χ1) is 17.0. The lowest BCUT2D eigenvalue weighted by atomic mass is 9.78. The predicted molar refractivity (Wildman–Crippen MR) is 140 cm³/mol. The number of nitrogens with one attached hydrogen (secondary N) is 1. The normalized spacial score (nSPS) is 26.1. The molecule has 0 amide bonds. The van der Waals surface area contributed by atoms with Gasteiger partial charge in [-0.1, -0.05) is 41.5 Å². The van der Waals surface area contributed by atoms with Crippen LogP contribution in [0.1, 0.15) is 70.9 Å². The fraction of sp³-hybridized carbons (Fsp3) is 0.583. The molecule has 13 heteroatoms. The number of rotatable bonds is 4. The monoisotopic (exact) mass is 652 g/mol. The molecule has 0 spiro atoms. The van der Waals surface area contributed by atoms with Crippen LogP contribution in [0.15, 0.2) is 21.9 Å². The molecule has 37 heavy (non-hydrogen) atoms. The Balaban J connectivity index is 1.55. The van der Waals surface area contributed by atoms with Crippen LogP contribution in [0.25, 0.3) is 0 Å². The van der Waals surface area contributed by atoms with E-state index in [9.17, 15) is 18.5 Å². The summed E-state index contributed by atoms with van der Waals surface area (Å²) in [5.74, 6) is -0.391. The van der Waals surface area contributed by atoms with Crippen LogP contribution >= 0.6 is 30.4 Å². The van der Waals surface area contributed by atoms with Crippen LogP contribution in [-0.4, -0.2) is 28.4 Å². The second-order valence-electron chi connectivity index (χ2n) is 11.2. The third kappa shape index (κ3) is 5.73. The van der Waals surface area contributed by atoms with Gasteiger partial charge in [-0.15, -0.1) is 0 Å². The zero-order chi connectivity index (χ0) is 27.5. The topological polar surface area (TPSA) is 109 Å². The molecule has 1 aromatic carbocycles. The van der Waals surface area contributed by atoms with Gasteiger partial charge in [0.05, 0.1) is 22.3 Å². The van der Waals surface area contributed by atoms with Crippen molar-refractivity contribution in [1.82, 2.24) is 9.55 Å². The number of hydrogen-bond acceptors (Lipinski definition) is 7. The lowest BCUT2D eigenvalue weighted by Gasteiger charge is -2.33. The molecule has 4 rings (SSSR count). The number of aromatic nitrogens is 2. The maximum absolute atomic E-state index is 15.4. The second kappa shape index (κ2) is 9.86. The summed E-state index contributed by atoms with van der Waals surface area (Å²) >= 11 is 1.75. The van der Waals surface area contributed by atoms with Crippen LogP contribution in [-0.2, 0) is 35.8 Å². The summed E-state index contributed by atoms with van der Waals surface area (Å²) in [6.07, 6.45) is -2.62. The maximum atomic E-state index is 15.4. The summed E-state index contributed by atoms with van der Waals surface area (Å²) in [6.45, 7) is 10.6. The van der Waals surface area contributed by atoms with E-state index in [1.54, 1.807) is 28.7 Å². The Morgan fingerprint density at radius 3 is 2.46 bits per heavy atom. The number of nitrogens with zero attached hydrogens (tertiary/aromatic N) is 1. The number of alkyl halides is 1. The highest BCUT2D eigenvalue weighted by molar-refractivity contribution is 14.1. The minimum absolute atomic E-state index is 0.101. The third-order valence-electron chi connectivity index (χ3n) is 6.29. The van der Waals surface area contributed by atoms with Crippen molar-refractivity contribution in [3.05, 3.63) is 59.2 Å². The van der Waals surface area contributed by atoms with Crippen molar-refractivity contribution in [1.29, 1.82) is 0 Å². The van der Waals surface area contributed by atoms with Gasteiger partial charge in [-0.05, 0) is 45.1 Å². The first-order valence-electron chi connectivity index (χ1n) is 11.8. The Morgan fingerprint density at radius 2 is 1.84 bits per heavy atom. The molecule has 0 saturated carbocycles. The van der Waals surface area contributed by atoms with Crippen molar-refractivity contribution >= 4 is 30.4 Å². The molecule has 0 aliphatic carbocycles. The van der Waals surface area contributed by atoms with Gasteiger partial charge >= 0.3 is 13.5 Å². The summed E-state index contributed by atoms with van der Waals surface area (Å²) in [5, 5.41) is 0. The van der Waals surface area contributed by atoms with E-state index in [0.717, 1.165) is 4.57 Å². The van der Waals surface area contributed by atoms with Crippen molar-refractivity contribution in [2.75, 3.05) is 6.61 Å². The SMILES string of the molecule is CC(C)(C)c1cc(C(C)(C)C)c2c(c1F)COP(=O)(OC[C@H]1O[C@@H](n3cc([125I])c(=O)[nH]c3=O)C[C@@H]1F)O2. The first kappa shape index (κ1) is 28.4. The van der Waals surface area contributed by atoms with Gasteiger partial charge < -0.3 is 9.26 Å². The lowest BCUT2D eigenvalue weighted by molar-refractivity contribution is -0.0371. The molecular formula is C24H30F2IN2O7P. The summed E-state index contributed by atoms with van der Waals surface area (Å²) in [5.41, 5.74) is -0.976. The summed E-state index contributed by atoms with van der Waals surface area (Å²) in [4.78, 5) is 25.9. The van der Waals surface area contributed by atoms with Gasteiger partial charge in [0.1, 0.15) is 30.1 Å². The van der Waals surface area contributed by atoms with Gasteiger partial charge in [0.2, 0.25) is 0 Å². The van der Waals surface area contributed by atoms with Crippen molar-refractivity contribution in [2.24, 2.45) is 0 Å². The summed E-state index contributed by atoms with van der Waals surface area (Å²) < 4.78 is 67.0. The van der Waals surface area contributed by atoms with E-state index in [1.807, 2.05) is 41.5 Å². The van der Waals surface area contributed by atoms with Gasteiger partial charge in [0.15, 0.2) is 0 Å². The van der Waals surface area contributed by atoms with Gasteiger partial charge in [-0.2, -0.15) is 0 Å². The first-order valence-corrected chi connectivity index (χ1v) is 14.3. The Morgan fingerprint density at radius 1 is 1.19 bits per heavy atom. The molecule has 1 N–H and O–H groups in total. The smallest absolute Gasteiger partial charge is 0.403 e. The minimum Gasteiger partial charge on any atom is -0.403 e. The van der Waals surface area contributed by atoms with Crippen molar-refractivity contribution in [3.63, 3.8) is 0 Å². The highest BCUT2D eigenvalue weighted by Gasteiger charge is 2.43. The quantitative estimate of drug-likeness (QED) is 0.356. The molecule has 2 aromatic rings. The minimum atomic E-state index is -4.24. The third-order valence-corrected chi connectivity index (χ3v) is 8.37. The number of fused-ring (bicyclic) bond motifs is 1. The Labute approximate surface area is 226 Å². The van der Waals surface area contributed by atoms with E-state index in [0.29, 0.717) is 11.1 Å². The Bertz CT molecular complexity index is 1380. The van der Waals surface area contributed by atoms with Gasteiger partial charge in [-0.25, -0.2) is 18.1 Å². The van der Waals surface area contributed by atoms with E-state index in [-0.39, 0.29) is 27.9 Å². The second-order valence-corrected chi connectivity index (χ2v) is 14.0. The van der Waals surface area contributed by atoms with Gasteiger partial charge in [0.25, 0.3) is 5.56 Å². The molecule has 9 nitrogen and oxygen atoms in total. The molecule has 2 aliphatic rings. The highest BCUT2D eigenvalue weighted by Crippen LogP contribution is 2.58. The van der Waals surface area contributed by atoms with Crippen molar-refractivity contribution in [3.8, 4) is 5.75 Å². The zero-order valence-electron chi connectivity index (χ0n) is 21.4. The average Bonchev–Trinajstić information content (AvgIpc) is 3.13. The largest absolute Gasteiger partial charge is 0.530 e. The van der Waals surface area contributed by atoms with Crippen LogP contribution in [0, 0.1) is 9.39 Å². The number of aromatic amines is 1. The lowest BCUT2D eigenvalue weighted by Crippen LogP contribution is -2.33. The molecule has 0 radical (unpaired) electrons. The molecule has 3 heterocycles. The number of H-pyrrole nitrogens is 1. The van der Waals surface area contributed by atoms with Crippen LogP contribution in [0.3, 0.4) is 0 Å². The van der Waals surface area contributed by atoms with E-state index < -0.39 is 60.8 Å². The highest BCUT2D eigenvalue weighted by atomic mass is 125. The van der Waals surface area contributed by atoms with Crippen LogP contribution in [0.4, 0.5) is 8.78 Å². The molecule has 1 aromatic heterocycles. The average molecular weight is 652 g/mol. The van der Waals surface area contributed by atoms with E-state index in [1.165, 1.54) is 6.20 Å². The standard InChI is InChI=1S/C24H30F2IN2O7P/c1-23(2,3)13-7-14(24(4,5)6)20-12(19(13)26)10-33-37(32,36-20)34-11-17-15(25)8-18(35-17)29-9-16(27)21(30)28-22(29)31/h7,9,15,17-18H,8,10-11H2,1-6H3,(H,28,30,31)/t15-,17+,18+,37?/m0/s1/i27-2. The number of phosphoric acid groups is 1. The fourth-order valence-electron chi connectivity index (χ4n) is 4.23. The molecule has 2 aliphatic heterocycles. The molecule has 4 atom stereocenters. The number of hydrogen-bond donors (Lipinski definition) is 1. The molecular weight excluding hydrogens is 622 g/mol. The van der Waals surface area contributed by atoms with E-state index in [4.69, 9.17) is 18.3 Å². The summed E-state index contributed by atoms with van der Waals surface area (Å²) in [7, 11) is -4.24. The number of benzene rings is 1. The predicted octanol–water partition coefficient (Wildman–Crippen LogP) is 5.23. The molecule has 1 unspecified atom stereocenters. The van der Waals surface area contributed by atoms with E-state index in [2.05, 4.69) is 4.98 Å². The van der Waals surface area contributed by atoms with Crippen LogP contribution < -0.4 is 15.8 Å². The fourth-order valence-corrected chi connectivity index (χ4v) is 5.89. The zero-order valence-corrected chi connectivity index (χ0v) is 24.4. The maximum Gasteiger partial charge on any atom is 0.530 e. The van der Waals surface area contributed by atoms with Crippen LogP contribution in [0.5, 0.6) is 5.75 Å². The van der Waals surface area contributed by atoms with Crippen molar-refractivity contribution in [2.45, 2.75) is 83.9 Å². The number of halogens is 3. The van der Waals surface area contributed by atoms with E-state index >= 15 is 4.39 Å². The van der Waals surface area contributed by atoms with Gasteiger partial charge in [0, 0.05) is 18.2 Å². The Hall–Kier alpha value is -1.60. The number of ether oxygens (including phenoxy) is 1. The number of phosphoric ester groups is 1. The molecule has 1 saturated heterocycles. The molecule has 204 valence electrons. The van der Waals surface area contributed by atoms with Crippen LogP contribution in [0.2, 0.25) is 0 Å². The van der Waals surface area contributed by atoms with Crippen molar-refractivity contribution < 1.29 is 31.7 Å².